The van der Waals surface area contributed by atoms with E-state index >= 15 is 0 Å². The van der Waals surface area contributed by atoms with Crippen molar-refractivity contribution in [2.75, 3.05) is 11.9 Å². The zero-order chi connectivity index (χ0) is 19.9. The van der Waals surface area contributed by atoms with Gasteiger partial charge in [-0.05, 0) is 48.2 Å². The van der Waals surface area contributed by atoms with Crippen LogP contribution in [0.3, 0.4) is 0 Å². The summed E-state index contributed by atoms with van der Waals surface area (Å²) in [7, 11) is 0. The molecule has 0 aliphatic carbocycles. The molecule has 0 fully saturated rings. The Bertz CT molecular complexity index is 948. The highest BCUT2D eigenvalue weighted by Gasteiger charge is 2.13. The molecule has 1 amide bonds. The SMILES string of the molecule is CCc1cccc(C)c1NC(=O)COC(=O)c1ccc(Cn2cccn2)cc1. The van der Waals surface area contributed by atoms with Crippen LogP contribution in [0.5, 0.6) is 0 Å². The minimum absolute atomic E-state index is 0.328. The molecule has 0 unspecified atom stereocenters. The standard InChI is InChI=1S/C22H23N3O3/c1-3-18-7-4-6-16(2)21(18)24-20(26)15-28-22(27)19-10-8-17(9-11-19)14-25-13-5-12-23-25/h4-13H,3,14-15H2,1-2H3,(H,24,26). The molecule has 28 heavy (non-hydrogen) atoms. The first kappa shape index (κ1) is 19.4. The molecule has 0 radical (unpaired) electrons. The summed E-state index contributed by atoms with van der Waals surface area (Å²) in [6.45, 7) is 4.26. The number of amides is 1. The molecule has 6 heteroatoms. The molecular weight excluding hydrogens is 354 g/mol. The number of hydrogen-bond donors (Lipinski definition) is 1. The van der Waals surface area contributed by atoms with Crippen LogP contribution < -0.4 is 5.32 Å². The zero-order valence-corrected chi connectivity index (χ0v) is 16.0. The molecule has 6 nitrogen and oxygen atoms in total. The molecule has 1 N–H and O–H groups in total. The highest BCUT2D eigenvalue weighted by atomic mass is 16.5. The lowest BCUT2D eigenvalue weighted by atomic mass is 10.1. The summed E-state index contributed by atoms with van der Waals surface area (Å²) in [4.78, 5) is 24.4. The van der Waals surface area contributed by atoms with Crippen molar-refractivity contribution >= 4 is 17.6 Å². The lowest BCUT2D eigenvalue weighted by Crippen LogP contribution is -2.22. The van der Waals surface area contributed by atoms with E-state index in [0.29, 0.717) is 12.1 Å². The third-order valence-corrected chi connectivity index (χ3v) is 4.43. The number of aryl methyl sites for hydroxylation is 2. The third-order valence-electron chi connectivity index (χ3n) is 4.43. The first-order valence-corrected chi connectivity index (χ1v) is 9.18. The van der Waals surface area contributed by atoms with Gasteiger partial charge in [-0.3, -0.25) is 9.48 Å². The number of carbonyl (C=O) groups is 2. The first-order chi connectivity index (χ1) is 13.6. The maximum atomic E-state index is 12.2. The predicted octanol–water partition coefficient (Wildman–Crippen LogP) is 3.60. The molecule has 2 aromatic carbocycles. The fourth-order valence-corrected chi connectivity index (χ4v) is 2.92. The second-order valence-electron chi connectivity index (χ2n) is 6.49. The minimum atomic E-state index is -0.527. The number of carbonyl (C=O) groups excluding carboxylic acids is 2. The second kappa shape index (κ2) is 8.99. The van der Waals surface area contributed by atoms with E-state index in [0.717, 1.165) is 28.8 Å². The van der Waals surface area contributed by atoms with E-state index < -0.39 is 5.97 Å². The number of anilines is 1. The van der Waals surface area contributed by atoms with Gasteiger partial charge in [-0.25, -0.2) is 4.79 Å². The second-order valence-corrected chi connectivity index (χ2v) is 6.49. The van der Waals surface area contributed by atoms with Gasteiger partial charge in [0.1, 0.15) is 0 Å². The lowest BCUT2D eigenvalue weighted by Gasteiger charge is -2.13. The fourth-order valence-electron chi connectivity index (χ4n) is 2.92. The Kier molecular flexibility index (Phi) is 6.22. The number of hydrogen-bond acceptors (Lipinski definition) is 4. The van der Waals surface area contributed by atoms with Gasteiger partial charge in [0.2, 0.25) is 0 Å². The van der Waals surface area contributed by atoms with Gasteiger partial charge in [-0.15, -0.1) is 0 Å². The van der Waals surface area contributed by atoms with Gasteiger partial charge in [0.25, 0.3) is 5.91 Å². The van der Waals surface area contributed by atoms with E-state index in [-0.39, 0.29) is 12.5 Å². The Morgan fingerprint density at radius 2 is 1.89 bits per heavy atom. The Morgan fingerprint density at radius 1 is 1.11 bits per heavy atom. The van der Waals surface area contributed by atoms with Crippen molar-refractivity contribution in [1.29, 1.82) is 0 Å². The number of aromatic nitrogens is 2. The quantitative estimate of drug-likeness (QED) is 0.639. The largest absolute Gasteiger partial charge is 0.452 e. The van der Waals surface area contributed by atoms with Crippen molar-refractivity contribution in [2.45, 2.75) is 26.8 Å². The van der Waals surface area contributed by atoms with Gasteiger partial charge in [0.05, 0.1) is 12.1 Å². The molecule has 0 saturated carbocycles. The molecule has 0 atom stereocenters. The summed E-state index contributed by atoms with van der Waals surface area (Å²) in [5.41, 5.74) is 4.24. The molecule has 3 aromatic rings. The summed E-state index contributed by atoms with van der Waals surface area (Å²) >= 11 is 0. The molecule has 1 heterocycles. The van der Waals surface area contributed by atoms with Gasteiger partial charge < -0.3 is 10.1 Å². The summed E-state index contributed by atoms with van der Waals surface area (Å²) < 4.78 is 6.95. The van der Waals surface area contributed by atoms with Crippen LogP contribution >= 0.6 is 0 Å². The number of nitrogens with one attached hydrogen (secondary N) is 1. The zero-order valence-electron chi connectivity index (χ0n) is 16.0. The van der Waals surface area contributed by atoms with Gasteiger partial charge in [0, 0.05) is 18.1 Å². The average molecular weight is 377 g/mol. The topological polar surface area (TPSA) is 73.2 Å². The van der Waals surface area contributed by atoms with Crippen LogP contribution in [0.4, 0.5) is 5.69 Å². The number of esters is 1. The van der Waals surface area contributed by atoms with Crippen molar-refractivity contribution < 1.29 is 14.3 Å². The van der Waals surface area contributed by atoms with Crippen LogP contribution in [0.1, 0.15) is 34.0 Å². The lowest BCUT2D eigenvalue weighted by molar-refractivity contribution is -0.119. The highest BCUT2D eigenvalue weighted by Crippen LogP contribution is 2.21. The summed E-state index contributed by atoms with van der Waals surface area (Å²) in [6.07, 6.45) is 4.40. The fraction of sp³-hybridized carbons (Fsp3) is 0.227. The van der Waals surface area contributed by atoms with E-state index in [4.69, 9.17) is 4.74 Å². The van der Waals surface area contributed by atoms with Crippen molar-refractivity contribution in [1.82, 2.24) is 9.78 Å². The number of nitrogens with zero attached hydrogens (tertiary/aromatic N) is 2. The Balaban J connectivity index is 1.54. The van der Waals surface area contributed by atoms with Gasteiger partial charge in [-0.2, -0.15) is 5.10 Å². The average Bonchev–Trinajstić information content (AvgIpc) is 3.21. The molecule has 0 spiro atoms. The normalized spacial score (nSPS) is 10.5. The number of para-hydroxylation sites is 1. The molecule has 1 aromatic heterocycles. The monoisotopic (exact) mass is 377 g/mol. The van der Waals surface area contributed by atoms with Crippen LogP contribution in [-0.2, 0) is 22.5 Å². The van der Waals surface area contributed by atoms with E-state index in [1.54, 1.807) is 23.0 Å². The van der Waals surface area contributed by atoms with E-state index in [2.05, 4.69) is 10.4 Å². The number of benzene rings is 2. The van der Waals surface area contributed by atoms with Crippen molar-refractivity contribution in [2.24, 2.45) is 0 Å². The Hall–Kier alpha value is -3.41. The highest BCUT2D eigenvalue weighted by molar-refractivity contribution is 5.96. The van der Waals surface area contributed by atoms with E-state index in [1.807, 2.05) is 56.4 Å². The molecule has 0 bridgehead atoms. The predicted molar refractivity (Wildman–Crippen MR) is 107 cm³/mol. The van der Waals surface area contributed by atoms with Gasteiger partial charge in [0.15, 0.2) is 6.61 Å². The van der Waals surface area contributed by atoms with Crippen LogP contribution in [0, 0.1) is 6.92 Å². The summed E-state index contributed by atoms with van der Waals surface area (Å²) in [5, 5.41) is 7.00. The summed E-state index contributed by atoms with van der Waals surface area (Å²) in [6, 6.07) is 14.8. The summed E-state index contributed by atoms with van der Waals surface area (Å²) in [5.74, 6) is -0.881. The van der Waals surface area contributed by atoms with E-state index in [1.165, 1.54) is 0 Å². The van der Waals surface area contributed by atoms with Crippen LogP contribution in [-0.4, -0.2) is 28.3 Å². The molecule has 3 rings (SSSR count). The number of ether oxygens (including phenoxy) is 1. The smallest absolute Gasteiger partial charge is 0.338 e. The van der Waals surface area contributed by atoms with E-state index in [9.17, 15) is 9.59 Å². The van der Waals surface area contributed by atoms with Crippen molar-refractivity contribution in [3.05, 3.63) is 83.2 Å². The minimum Gasteiger partial charge on any atom is -0.452 e. The number of rotatable bonds is 7. The molecule has 0 aliphatic heterocycles. The van der Waals surface area contributed by atoms with Crippen molar-refractivity contribution in [3.63, 3.8) is 0 Å². The molecule has 0 saturated heterocycles. The maximum absolute atomic E-state index is 12.2. The van der Waals surface area contributed by atoms with Crippen LogP contribution in [0.2, 0.25) is 0 Å². The van der Waals surface area contributed by atoms with Gasteiger partial charge in [-0.1, -0.05) is 37.3 Å². The molecule has 0 aliphatic rings. The van der Waals surface area contributed by atoms with Crippen LogP contribution in [0.25, 0.3) is 0 Å². The Labute approximate surface area is 164 Å². The third kappa shape index (κ3) is 4.85. The van der Waals surface area contributed by atoms with Crippen molar-refractivity contribution in [3.8, 4) is 0 Å². The first-order valence-electron chi connectivity index (χ1n) is 9.18. The maximum Gasteiger partial charge on any atom is 0.338 e. The molecule has 144 valence electrons. The van der Waals surface area contributed by atoms with Gasteiger partial charge >= 0.3 is 5.97 Å². The Morgan fingerprint density at radius 3 is 2.57 bits per heavy atom. The van der Waals surface area contributed by atoms with Crippen LogP contribution in [0.15, 0.2) is 60.9 Å². The molecular formula is C22H23N3O3.